The Morgan fingerprint density at radius 1 is 1.33 bits per heavy atom. The van der Waals surface area contributed by atoms with Gasteiger partial charge in [-0.25, -0.2) is 0 Å². The molecule has 0 radical (unpaired) electrons. The summed E-state index contributed by atoms with van der Waals surface area (Å²) in [5, 5.41) is 9.09. The molecule has 1 aliphatic rings. The fourth-order valence-electron chi connectivity index (χ4n) is 2.04. The molecule has 1 unspecified atom stereocenters. The van der Waals surface area contributed by atoms with Gasteiger partial charge in [0.1, 0.15) is 6.29 Å². The van der Waals surface area contributed by atoms with Crippen LogP contribution in [-0.4, -0.2) is 41.4 Å². The maximum atomic E-state index is 11.1. The van der Waals surface area contributed by atoms with Gasteiger partial charge in [0.15, 0.2) is 0 Å². The van der Waals surface area contributed by atoms with Crippen LogP contribution in [0.3, 0.4) is 0 Å². The van der Waals surface area contributed by atoms with E-state index in [0.717, 1.165) is 32.2 Å². The number of likely N-dealkylation sites (tertiary alicyclic amines) is 1. The number of nitrogens with zero attached hydrogens (tertiary/aromatic N) is 1. The first-order valence-corrected chi connectivity index (χ1v) is 5.43. The zero-order valence-corrected chi connectivity index (χ0v) is 9.40. The maximum Gasteiger partial charge on any atom is 0.311 e. The van der Waals surface area contributed by atoms with Gasteiger partial charge in [-0.2, -0.15) is 0 Å². The van der Waals surface area contributed by atoms with Gasteiger partial charge < -0.3 is 9.90 Å². The second-order valence-corrected chi connectivity index (χ2v) is 4.70. The SMILES string of the molecule is CC(C)(C(=O)O)C(C=O)N1CCCCC1. The standard InChI is InChI=1S/C11H19NO3/c1-11(2,10(14)15)9(8-13)12-6-4-3-5-7-12/h8-9H,3-7H2,1-2H3,(H,14,15). The zero-order valence-electron chi connectivity index (χ0n) is 9.40. The van der Waals surface area contributed by atoms with E-state index in [-0.39, 0.29) is 0 Å². The van der Waals surface area contributed by atoms with E-state index in [0.29, 0.717) is 0 Å². The van der Waals surface area contributed by atoms with E-state index >= 15 is 0 Å². The number of carboxylic acid groups (broad SMARTS) is 1. The van der Waals surface area contributed by atoms with Crippen LogP contribution in [-0.2, 0) is 9.59 Å². The van der Waals surface area contributed by atoms with Gasteiger partial charge in [-0.15, -0.1) is 0 Å². The molecule has 1 heterocycles. The molecule has 0 aromatic heterocycles. The first kappa shape index (κ1) is 12.2. The highest BCUT2D eigenvalue weighted by Crippen LogP contribution is 2.26. The van der Waals surface area contributed by atoms with E-state index in [9.17, 15) is 9.59 Å². The maximum absolute atomic E-state index is 11.1. The molecule has 4 heteroatoms. The molecular formula is C11H19NO3. The lowest BCUT2D eigenvalue weighted by Crippen LogP contribution is -2.51. The summed E-state index contributed by atoms with van der Waals surface area (Å²) in [4.78, 5) is 24.1. The van der Waals surface area contributed by atoms with Gasteiger partial charge in [0, 0.05) is 0 Å². The van der Waals surface area contributed by atoms with Crippen LogP contribution in [0.4, 0.5) is 0 Å². The molecule has 1 saturated heterocycles. The number of carbonyl (C=O) groups excluding carboxylic acids is 1. The fraction of sp³-hybridized carbons (Fsp3) is 0.818. The third-order valence-electron chi connectivity index (χ3n) is 3.20. The van der Waals surface area contributed by atoms with Gasteiger partial charge in [-0.1, -0.05) is 6.42 Å². The Hall–Kier alpha value is -0.900. The summed E-state index contributed by atoms with van der Waals surface area (Å²) < 4.78 is 0. The summed E-state index contributed by atoms with van der Waals surface area (Å²) in [6, 6.07) is -0.504. The van der Waals surface area contributed by atoms with E-state index in [1.165, 1.54) is 6.42 Å². The highest BCUT2D eigenvalue weighted by atomic mass is 16.4. The Morgan fingerprint density at radius 2 is 1.87 bits per heavy atom. The van der Waals surface area contributed by atoms with Crippen LogP contribution < -0.4 is 0 Å². The van der Waals surface area contributed by atoms with Crippen LogP contribution in [0.25, 0.3) is 0 Å². The number of piperidine rings is 1. The van der Waals surface area contributed by atoms with E-state index in [2.05, 4.69) is 0 Å². The molecule has 1 atom stereocenters. The molecule has 0 amide bonds. The minimum atomic E-state index is -1.00. The molecule has 0 spiro atoms. The van der Waals surface area contributed by atoms with Crippen molar-refractivity contribution < 1.29 is 14.7 Å². The smallest absolute Gasteiger partial charge is 0.311 e. The normalized spacial score (nSPS) is 20.9. The molecule has 4 nitrogen and oxygen atoms in total. The van der Waals surface area contributed by atoms with Crippen LogP contribution in [0.1, 0.15) is 33.1 Å². The molecule has 1 aliphatic heterocycles. The monoisotopic (exact) mass is 213 g/mol. The highest BCUT2D eigenvalue weighted by molar-refractivity contribution is 5.80. The van der Waals surface area contributed by atoms with Crippen molar-refractivity contribution in [2.75, 3.05) is 13.1 Å². The molecule has 0 aliphatic carbocycles. The van der Waals surface area contributed by atoms with Crippen molar-refractivity contribution in [3.63, 3.8) is 0 Å². The summed E-state index contributed by atoms with van der Waals surface area (Å²) in [6.45, 7) is 4.90. The quantitative estimate of drug-likeness (QED) is 0.712. The predicted octanol–water partition coefficient (Wildman–Crippen LogP) is 1.15. The van der Waals surface area contributed by atoms with Crippen LogP contribution in [0.5, 0.6) is 0 Å². The summed E-state index contributed by atoms with van der Waals surface area (Å²) in [6.07, 6.45) is 4.06. The van der Waals surface area contributed by atoms with E-state index in [1.807, 2.05) is 4.90 Å². The molecule has 0 saturated carbocycles. The largest absolute Gasteiger partial charge is 0.481 e. The number of aldehydes is 1. The average molecular weight is 213 g/mol. The lowest BCUT2D eigenvalue weighted by molar-refractivity contribution is -0.153. The lowest BCUT2D eigenvalue weighted by Gasteiger charge is -2.38. The molecule has 15 heavy (non-hydrogen) atoms. The Kier molecular flexibility index (Phi) is 3.85. The molecular weight excluding hydrogens is 194 g/mol. The van der Waals surface area contributed by atoms with Crippen molar-refractivity contribution in [2.45, 2.75) is 39.2 Å². The lowest BCUT2D eigenvalue weighted by atomic mass is 9.83. The molecule has 0 aromatic carbocycles. The van der Waals surface area contributed by atoms with Gasteiger partial charge in [0.25, 0.3) is 0 Å². The number of aliphatic carboxylic acids is 1. The summed E-state index contributed by atoms with van der Waals surface area (Å²) in [5.41, 5.74) is -1.00. The number of hydrogen-bond acceptors (Lipinski definition) is 3. The molecule has 86 valence electrons. The third-order valence-corrected chi connectivity index (χ3v) is 3.20. The average Bonchev–Trinajstić information content (AvgIpc) is 2.19. The minimum Gasteiger partial charge on any atom is -0.481 e. The van der Waals surface area contributed by atoms with Gasteiger partial charge in [0.05, 0.1) is 11.5 Å². The van der Waals surface area contributed by atoms with Crippen molar-refractivity contribution in [3.8, 4) is 0 Å². The van der Waals surface area contributed by atoms with Crippen molar-refractivity contribution in [2.24, 2.45) is 5.41 Å². The molecule has 0 bridgehead atoms. The van der Waals surface area contributed by atoms with Crippen LogP contribution >= 0.6 is 0 Å². The second kappa shape index (κ2) is 4.75. The van der Waals surface area contributed by atoms with Crippen LogP contribution in [0.15, 0.2) is 0 Å². The summed E-state index contributed by atoms with van der Waals surface area (Å²) in [7, 11) is 0. The number of carbonyl (C=O) groups is 2. The van der Waals surface area contributed by atoms with Gasteiger partial charge in [-0.3, -0.25) is 9.69 Å². The Labute approximate surface area is 90.3 Å². The van der Waals surface area contributed by atoms with E-state index in [4.69, 9.17) is 5.11 Å². The van der Waals surface area contributed by atoms with Crippen molar-refractivity contribution in [1.29, 1.82) is 0 Å². The zero-order chi connectivity index (χ0) is 11.5. The van der Waals surface area contributed by atoms with Gasteiger partial charge >= 0.3 is 5.97 Å². The van der Waals surface area contributed by atoms with Gasteiger partial charge in [-0.05, 0) is 39.8 Å². The fourth-order valence-corrected chi connectivity index (χ4v) is 2.04. The van der Waals surface area contributed by atoms with Crippen LogP contribution in [0, 0.1) is 5.41 Å². The number of rotatable bonds is 4. The highest BCUT2D eigenvalue weighted by Gasteiger charge is 2.40. The van der Waals surface area contributed by atoms with E-state index < -0.39 is 17.4 Å². The first-order chi connectivity index (χ1) is 7.00. The second-order valence-electron chi connectivity index (χ2n) is 4.70. The van der Waals surface area contributed by atoms with Crippen LogP contribution in [0.2, 0.25) is 0 Å². The van der Waals surface area contributed by atoms with Crippen molar-refractivity contribution in [3.05, 3.63) is 0 Å². The Bertz CT molecular complexity index is 244. The third kappa shape index (κ3) is 2.56. The predicted molar refractivity (Wildman–Crippen MR) is 56.7 cm³/mol. The molecule has 0 aromatic rings. The number of hydrogen-bond donors (Lipinski definition) is 1. The molecule has 1 fully saturated rings. The topological polar surface area (TPSA) is 57.6 Å². The van der Waals surface area contributed by atoms with Crippen molar-refractivity contribution in [1.82, 2.24) is 4.90 Å². The molecule has 1 rings (SSSR count). The van der Waals surface area contributed by atoms with Gasteiger partial charge in [0.2, 0.25) is 0 Å². The first-order valence-electron chi connectivity index (χ1n) is 5.43. The Balaban J connectivity index is 2.77. The molecule has 1 N–H and O–H groups in total. The summed E-state index contributed by atoms with van der Waals surface area (Å²) >= 11 is 0. The number of carboxylic acids is 1. The summed E-state index contributed by atoms with van der Waals surface area (Å²) in [5.74, 6) is -0.912. The van der Waals surface area contributed by atoms with E-state index in [1.54, 1.807) is 13.8 Å². The van der Waals surface area contributed by atoms with Crippen molar-refractivity contribution >= 4 is 12.3 Å². The Morgan fingerprint density at radius 3 is 2.27 bits per heavy atom. The minimum absolute atomic E-state index is 0.504.